The van der Waals surface area contributed by atoms with Gasteiger partial charge in [-0.25, -0.2) is 4.79 Å². The zero-order valence-electron chi connectivity index (χ0n) is 19.5. The topological polar surface area (TPSA) is 53.1 Å². The van der Waals surface area contributed by atoms with Crippen LogP contribution >= 0.6 is 0 Å². The van der Waals surface area contributed by atoms with E-state index in [0.29, 0.717) is 12.6 Å². The number of fused-ring (bicyclic) bond motifs is 1. The monoisotopic (exact) mass is 415 g/mol. The lowest BCUT2D eigenvalue weighted by Gasteiger charge is -2.41. The first kappa shape index (κ1) is 23.9. The van der Waals surface area contributed by atoms with E-state index in [4.69, 9.17) is 4.74 Å². The van der Waals surface area contributed by atoms with Crippen molar-refractivity contribution in [2.45, 2.75) is 72.1 Å². The number of hydrogen-bond acceptors (Lipinski definition) is 4. The van der Waals surface area contributed by atoms with E-state index in [9.17, 15) is 9.59 Å². The van der Waals surface area contributed by atoms with Gasteiger partial charge < -0.3 is 14.5 Å². The van der Waals surface area contributed by atoms with Crippen LogP contribution in [0, 0.1) is 0 Å². The maximum atomic E-state index is 12.8. The molecule has 1 aromatic carbocycles. The fourth-order valence-corrected chi connectivity index (χ4v) is 3.89. The maximum Gasteiger partial charge on any atom is 0.414 e. The Kier molecular flexibility index (Phi) is 8.07. The Morgan fingerprint density at radius 3 is 2.47 bits per heavy atom. The lowest BCUT2D eigenvalue weighted by molar-refractivity contribution is -0.117. The Bertz CT molecular complexity index is 775. The fourth-order valence-electron chi connectivity index (χ4n) is 3.89. The van der Waals surface area contributed by atoms with E-state index in [1.807, 2.05) is 39.0 Å². The van der Waals surface area contributed by atoms with E-state index in [1.165, 1.54) is 0 Å². The quantitative estimate of drug-likeness (QED) is 0.601. The second kappa shape index (κ2) is 10.1. The molecular formula is C24H37N3O3. The lowest BCUT2D eigenvalue weighted by atomic mass is 9.92. The molecule has 2 atom stereocenters. The van der Waals surface area contributed by atoms with Gasteiger partial charge in [-0.3, -0.25) is 9.69 Å². The zero-order valence-corrected chi connectivity index (χ0v) is 19.5. The minimum absolute atomic E-state index is 0.0319. The minimum atomic E-state index is -0.377. The summed E-state index contributed by atoms with van der Waals surface area (Å²) in [5.41, 5.74) is 2.61. The van der Waals surface area contributed by atoms with Gasteiger partial charge in [0.2, 0.25) is 5.91 Å². The molecule has 0 saturated carbocycles. The average molecular weight is 416 g/mol. The van der Waals surface area contributed by atoms with Gasteiger partial charge in [0.15, 0.2) is 0 Å². The highest BCUT2D eigenvalue weighted by Gasteiger charge is 2.35. The predicted octanol–water partition coefficient (Wildman–Crippen LogP) is 4.79. The predicted molar refractivity (Wildman–Crippen MR) is 123 cm³/mol. The number of rotatable bonds is 7. The molecule has 0 spiro atoms. The Hall–Kier alpha value is -2.34. The molecule has 0 bridgehead atoms. The largest absolute Gasteiger partial charge is 0.446 e. The number of amides is 2. The number of anilines is 2. The molecule has 1 aliphatic rings. The first-order valence-electron chi connectivity index (χ1n) is 10.8. The van der Waals surface area contributed by atoms with E-state index in [-0.39, 0.29) is 30.1 Å². The number of carbonyl (C=O) groups excluding carboxylic acids is 2. The van der Waals surface area contributed by atoms with Crippen molar-refractivity contribution in [3.05, 3.63) is 36.4 Å². The third-order valence-corrected chi connectivity index (χ3v) is 5.65. The Labute approximate surface area is 181 Å². The van der Waals surface area contributed by atoms with Crippen LogP contribution in [0.1, 0.15) is 59.4 Å². The van der Waals surface area contributed by atoms with Gasteiger partial charge in [0.1, 0.15) is 0 Å². The molecule has 2 unspecified atom stereocenters. The summed E-state index contributed by atoms with van der Waals surface area (Å²) in [6.45, 7) is 16.8. The molecule has 30 heavy (non-hydrogen) atoms. The molecule has 2 rings (SSSR count). The SMILES string of the molecule is C=CCC(CN(C)C(C)C)c1ccc2c(c1)N(C(=O)OC(C)C)CC(C)N2C(C)=O. The van der Waals surface area contributed by atoms with Crippen LogP contribution in [-0.4, -0.2) is 55.2 Å². The molecule has 0 N–H and O–H groups in total. The lowest BCUT2D eigenvalue weighted by Crippen LogP contribution is -2.51. The highest BCUT2D eigenvalue weighted by Crippen LogP contribution is 2.39. The Morgan fingerprint density at radius 2 is 1.93 bits per heavy atom. The third kappa shape index (κ3) is 5.42. The van der Waals surface area contributed by atoms with E-state index in [2.05, 4.69) is 38.4 Å². The van der Waals surface area contributed by atoms with E-state index in [1.54, 1.807) is 16.7 Å². The summed E-state index contributed by atoms with van der Waals surface area (Å²) in [7, 11) is 2.12. The molecular weight excluding hydrogens is 378 g/mol. The van der Waals surface area contributed by atoms with E-state index >= 15 is 0 Å². The first-order chi connectivity index (χ1) is 14.1. The second-order valence-corrected chi connectivity index (χ2v) is 8.78. The number of likely N-dealkylation sites (N-methyl/N-ethyl adjacent to an activating group) is 1. The molecule has 2 amide bonds. The van der Waals surface area contributed by atoms with E-state index in [0.717, 1.165) is 29.9 Å². The van der Waals surface area contributed by atoms with Gasteiger partial charge in [-0.15, -0.1) is 6.58 Å². The van der Waals surface area contributed by atoms with Crippen molar-refractivity contribution in [3.63, 3.8) is 0 Å². The van der Waals surface area contributed by atoms with Crippen LogP contribution in [0.3, 0.4) is 0 Å². The molecule has 1 aromatic rings. The number of allylic oxidation sites excluding steroid dienone is 1. The van der Waals surface area contributed by atoms with Gasteiger partial charge in [-0.2, -0.15) is 0 Å². The number of hydrogen-bond donors (Lipinski definition) is 0. The fraction of sp³-hybridized carbons (Fsp3) is 0.583. The van der Waals surface area contributed by atoms with Crippen LogP contribution in [0.4, 0.5) is 16.2 Å². The summed E-state index contributed by atoms with van der Waals surface area (Å²) in [6, 6.07) is 6.38. The molecule has 6 nitrogen and oxygen atoms in total. The second-order valence-electron chi connectivity index (χ2n) is 8.78. The minimum Gasteiger partial charge on any atom is -0.446 e. The molecule has 0 aromatic heterocycles. The molecule has 6 heteroatoms. The standard InChI is InChI=1S/C24H37N3O3/c1-9-10-21(15-25(8)16(2)3)20-11-12-22-23(13-20)26(24(29)30-17(4)5)14-18(6)27(22)19(7)28/h9,11-13,16-18,21H,1,10,14-15H2,2-8H3. The number of ether oxygens (including phenoxy) is 1. The smallest absolute Gasteiger partial charge is 0.414 e. The maximum absolute atomic E-state index is 12.8. The summed E-state index contributed by atoms with van der Waals surface area (Å²) in [4.78, 5) is 30.9. The molecule has 0 aliphatic carbocycles. The first-order valence-corrected chi connectivity index (χ1v) is 10.8. The molecule has 1 aliphatic heterocycles. The summed E-state index contributed by atoms with van der Waals surface area (Å²) in [5.74, 6) is 0.212. The summed E-state index contributed by atoms with van der Waals surface area (Å²) in [5, 5.41) is 0. The van der Waals surface area contributed by atoms with Crippen molar-refractivity contribution in [2.24, 2.45) is 0 Å². The summed E-state index contributed by atoms with van der Waals surface area (Å²) >= 11 is 0. The average Bonchev–Trinajstić information content (AvgIpc) is 2.65. The van der Waals surface area contributed by atoms with Crippen LogP contribution in [0.25, 0.3) is 0 Å². The highest BCUT2D eigenvalue weighted by molar-refractivity contribution is 6.02. The van der Waals surface area contributed by atoms with Crippen molar-refractivity contribution in [2.75, 3.05) is 29.9 Å². The van der Waals surface area contributed by atoms with Crippen molar-refractivity contribution < 1.29 is 14.3 Å². The van der Waals surface area contributed by atoms with Crippen LogP contribution in [0.5, 0.6) is 0 Å². The van der Waals surface area contributed by atoms with Crippen molar-refractivity contribution >= 4 is 23.4 Å². The van der Waals surface area contributed by atoms with Crippen LogP contribution in [0.2, 0.25) is 0 Å². The summed E-state index contributed by atoms with van der Waals surface area (Å²) in [6.07, 6.45) is 2.18. The molecule has 1 heterocycles. The van der Waals surface area contributed by atoms with Gasteiger partial charge in [0.05, 0.1) is 23.5 Å². The van der Waals surface area contributed by atoms with Gasteiger partial charge >= 0.3 is 6.09 Å². The number of nitrogens with zero attached hydrogens (tertiary/aromatic N) is 3. The van der Waals surface area contributed by atoms with Gasteiger partial charge in [0, 0.05) is 32.0 Å². The van der Waals surface area contributed by atoms with Crippen LogP contribution < -0.4 is 9.80 Å². The van der Waals surface area contributed by atoms with Crippen molar-refractivity contribution in [3.8, 4) is 0 Å². The van der Waals surface area contributed by atoms with Crippen LogP contribution in [0.15, 0.2) is 30.9 Å². The Morgan fingerprint density at radius 1 is 1.27 bits per heavy atom. The van der Waals surface area contributed by atoms with Crippen molar-refractivity contribution in [1.29, 1.82) is 0 Å². The molecule has 0 saturated heterocycles. The van der Waals surface area contributed by atoms with Crippen LogP contribution in [-0.2, 0) is 9.53 Å². The van der Waals surface area contributed by atoms with E-state index < -0.39 is 0 Å². The molecule has 0 fully saturated rings. The van der Waals surface area contributed by atoms with Gasteiger partial charge in [-0.05, 0) is 65.8 Å². The summed E-state index contributed by atoms with van der Waals surface area (Å²) < 4.78 is 5.49. The zero-order chi connectivity index (χ0) is 22.6. The normalized spacial score (nSPS) is 17.3. The van der Waals surface area contributed by atoms with Crippen molar-refractivity contribution in [1.82, 2.24) is 4.90 Å². The Balaban J connectivity index is 2.51. The van der Waals surface area contributed by atoms with Gasteiger partial charge in [-0.1, -0.05) is 12.1 Å². The number of carbonyl (C=O) groups is 2. The molecule has 0 radical (unpaired) electrons. The molecule has 166 valence electrons. The van der Waals surface area contributed by atoms with Gasteiger partial charge in [0.25, 0.3) is 0 Å². The number of benzene rings is 1. The highest BCUT2D eigenvalue weighted by atomic mass is 16.6. The third-order valence-electron chi connectivity index (χ3n) is 5.65.